The monoisotopic (exact) mass is 306 g/mol. The predicted molar refractivity (Wildman–Crippen MR) is 69.2 cm³/mol. The molecule has 0 radical (unpaired) electrons. The lowest BCUT2D eigenvalue weighted by molar-refractivity contribution is -0.387. The molecule has 20 heavy (non-hydrogen) atoms. The molecule has 0 saturated carbocycles. The highest BCUT2D eigenvalue weighted by atomic mass is 32.2. The Balaban J connectivity index is 2.88. The molecule has 0 aliphatic heterocycles. The minimum atomic E-state index is -3.97. The molecule has 0 aliphatic rings. The summed E-state index contributed by atoms with van der Waals surface area (Å²) < 4.78 is 39.0. The van der Waals surface area contributed by atoms with E-state index in [0.717, 1.165) is 12.1 Å². The van der Waals surface area contributed by atoms with E-state index in [1.54, 1.807) is 6.92 Å². The highest BCUT2D eigenvalue weighted by Gasteiger charge is 2.21. The predicted octanol–water partition coefficient (Wildman–Crippen LogP) is 1.17. The van der Waals surface area contributed by atoms with Crippen LogP contribution in [0.15, 0.2) is 23.1 Å². The summed E-state index contributed by atoms with van der Waals surface area (Å²) in [4.78, 5) is 9.18. The van der Waals surface area contributed by atoms with E-state index in [4.69, 9.17) is 0 Å². The molecule has 1 aromatic rings. The maximum absolute atomic E-state index is 13.1. The van der Waals surface area contributed by atoms with E-state index in [-0.39, 0.29) is 13.0 Å². The number of nitrogens with zero attached hydrogens (tertiary/aromatic N) is 1. The van der Waals surface area contributed by atoms with Gasteiger partial charge in [0, 0.05) is 12.6 Å². The number of hydrogen-bond acceptors (Lipinski definition) is 5. The molecule has 0 heterocycles. The van der Waals surface area contributed by atoms with Gasteiger partial charge in [0.1, 0.15) is 0 Å². The van der Waals surface area contributed by atoms with Crippen molar-refractivity contribution in [2.75, 3.05) is 6.54 Å². The van der Waals surface area contributed by atoms with Crippen LogP contribution >= 0.6 is 0 Å². The fraction of sp³-hybridized carbons (Fsp3) is 0.455. The molecule has 1 rings (SSSR count). The summed E-state index contributed by atoms with van der Waals surface area (Å²) >= 11 is 0. The van der Waals surface area contributed by atoms with Crippen molar-refractivity contribution >= 4 is 15.7 Å². The summed E-state index contributed by atoms with van der Waals surface area (Å²) in [6.45, 7) is 1.74. The first-order valence-electron chi connectivity index (χ1n) is 5.89. The van der Waals surface area contributed by atoms with Crippen molar-refractivity contribution in [3.63, 3.8) is 0 Å². The summed E-state index contributed by atoms with van der Waals surface area (Å²) in [5.74, 6) is -1.10. The molecule has 9 heteroatoms. The standard InChI is InChI=1S/C11H15FN2O5S/c1-2-8(15)5-6-13-20(18,19)9-3-4-10(12)11(7-9)14(16)17/h3-4,7-8,13,15H,2,5-6H2,1H3. The van der Waals surface area contributed by atoms with E-state index in [0.29, 0.717) is 12.5 Å². The van der Waals surface area contributed by atoms with Gasteiger partial charge in [-0.15, -0.1) is 0 Å². The molecule has 0 bridgehead atoms. The fourth-order valence-electron chi connectivity index (χ4n) is 1.45. The van der Waals surface area contributed by atoms with Crippen LogP contribution in [0.5, 0.6) is 0 Å². The molecule has 0 amide bonds. The number of benzene rings is 1. The fourth-order valence-corrected chi connectivity index (χ4v) is 2.51. The van der Waals surface area contributed by atoms with Gasteiger partial charge < -0.3 is 5.11 Å². The van der Waals surface area contributed by atoms with Gasteiger partial charge in [-0.3, -0.25) is 10.1 Å². The van der Waals surface area contributed by atoms with Crippen molar-refractivity contribution in [3.05, 3.63) is 34.1 Å². The molecule has 1 aromatic carbocycles. The highest BCUT2D eigenvalue weighted by Crippen LogP contribution is 2.21. The van der Waals surface area contributed by atoms with Gasteiger partial charge in [0.15, 0.2) is 0 Å². The Kier molecular flexibility index (Phi) is 5.54. The highest BCUT2D eigenvalue weighted by molar-refractivity contribution is 7.89. The van der Waals surface area contributed by atoms with E-state index in [9.17, 15) is 28.0 Å². The van der Waals surface area contributed by atoms with E-state index in [2.05, 4.69) is 4.72 Å². The number of halogens is 1. The van der Waals surface area contributed by atoms with Gasteiger partial charge in [-0.25, -0.2) is 13.1 Å². The second-order valence-corrected chi connectivity index (χ2v) is 5.89. The summed E-state index contributed by atoms with van der Waals surface area (Å²) in [5.41, 5.74) is -0.901. The topological polar surface area (TPSA) is 110 Å². The third-order valence-corrected chi connectivity index (χ3v) is 4.12. The SMILES string of the molecule is CCC(O)CCNS(=O)(=O)c1ccc(F)c([N+](=O)[O-])c1. The van der Waals surface area contributed by atoms with Gasteiger partial charge in [-0.1, -0.05) is 6.92 Å². The van der Waals surface area contributed by atoms with Crippen LogP contribution in [0, 0.1) is 15.9 Å². The Morgan fingerprint density at radius 3 is 2.70 bits per heavy atom. The zero-order valence-electron chi connectivity index (χ0n) is 10.7. The van der Waals surface area contributed by atoms with Crippen LogP contribution in [0.1, 0.15) is 19.8 Å². The van der Waals surface area contributed by atoms with Crippen LogP contribution in [0.25, 0.3) is 0 Å². The van der Waals surface area contributed by atoms with Crippen LogP contribution in [0.4, 0.5) is 10.1 Å². The Morgan fingerprint density at radius 1 is 1.50 bits per heavy atom. The number of rotatable bonds is 7. The van der Waals surface area contributed by atoms with Crippen LogP contribution < -0.4 is 4.72 Å². The first-order chi connectivity index (χ1) is 9.27. The molecule has 112 valence electrons. The average molecular weight is 306 g/mol. The number of nitro groups is 1. The lowest BCUT2D eigenvalue weighted by Crippen LogP contribution is -2.27. The first-order valence-corrected chi connectivity index (χ1v) is 7.38. The summed E-state index contributed by atoms with van der Waals surface area (Å²) in [6.07, 6.45) is 0.0863. The number of nitro benzene ring substituents is 1. The van der Waals surface area contributed by atoms with E-state index in [1.807, 2.05) is 0 Å². The lowest BCUT2D eigenvalue weighted by Gasteiger charge is -2.09. The van der Waals surface area contributed by atoms with Gasteiger partial charge >= 0.3 is 5.69 Å². The van der Waals surface area contributed by atoms with E-state index in [1.165, 1.54) is 0 Å². The number of aliphatic hydroxyl groups is 1. The van der Waals surface area contributed by atoms with Gasteiger partial charge in [-0.05, 0) is 25.0 Å². The second kappa shape index (κ2) is 6.73. The molecule has 0 aliphatic carbocycles. The minimum absolute atomic E-state index is 0.0114. The average Bonchev–Trinajstić information content (AvgIpc) is 2.38. The van der Waals surface area contributed by atoms with Crippen molar-refractivity contribution in [3.8, 4) is 0 Å². The maximum atomic E-state index is 13.1. The normalized spacial score (nSPS) is 13.2. The van der Waals surface area contributed by atoms with Gasteiger partial charge in [0.25, 0.3) is 0 Å². The van der Waals surface area contributed by atoms with Crippen molar-refractivity contribution in [1.82, 2.24) is 4.72 Å². The molecular weight excluding hydrogens is 291 g/mol. The Morgan fingerprint density at radius 2 is 2.15 bits per heavy atom. The van der Waals surface area contributed by atoms with Crippen LogP contribution in [-0.2, 0) is 10.0 Å². The number of nitrogens with one attached hydrogen (secondary N) is 1. The van der Waals surface area contributed by atoms with Crippen molar-refractivity contribution < 1.29 is 22.8 Å². The van der Waals surface area contributed by atoms with Crippen molar-refractivity contribution in [2.45, 2.75) is 30.8 Å². The van der Waals surface area contributed by atoms with Crippen molar-refractivity contribution in [1.29, 1.82) is 0 Å². The third-order valence-electron chi connectivity index (χ3n) is 2.67. The molecular formula is C11H15FN2O5S. The Labute approximate surface area is 115 Å². The largest absolute Gasteiger partial charge is 0.393 e. The summed E-state index contributed by atoms with van der Waals surface area (Å²) in [5, 5.41) is 19.9. The molecule has 7 nitrogen and oxygen atoms in total. The zero-order chi connectivity index (χ0) is 15.3. The molecule has 1 unspecified atom stereocenters. The molecule has 2 N–H and O–H groups in total. The van der Waals surface area contributed by atoms with Gasteiger partial charge in [0.05, 0.1) is 15.9 Å². The molecule has 0 saturated heterocycles. The van der Waals surface area contributed by atoms with Crippen LogP contribution in [0.2, 0.25) is 0 Å². The maximum Gasteiger partial charge on any atom is 0.306 e. The number of hydrogen-bond donors (Lipinski definition) is 2. The Hall–Kier alpha value is -1.58. The smallest absolute Gasteiger partial charge is 0.306 e. The second-order valence-electron chi connectivity index (χ2n) is 4.12. The third kappa shape index (κ3) is 4.22. The van der Waals surface area contributed by atoms with Gasteiger partial charge in [0.2, 0.25) is 15.8 Å². The van der Waals surface area contributed by atoms with E-state index < -0.39 is 37.5 Å². The molecule has 0 spiro atoms. The zero-order valence-corrected chi connectivity index (χ0v) is 11.6. The number of aliphatic hydroxyl groups excluding tert-OH is 1. The molecule has 1 atom stereocenters. The molecule has 0 aromatic heterocycles. The van der Waals surface area contributed by atoms with E-state index >= 15 is 0 Å². The van der Waals surface area contributed by atoms with Crippen LogP contribution in [0.3, 0.4) is 0 Å². The number of sulfonamides is 1. The minimum Gasteiger partial charge on any atom is -0.393 e. The summed E-state index contributed by atoms with van der Waals surface area (Å²) in [7, 11) is -3.97. The lowest BCUT2D eigenvalue weighted by atomic mass is 10.2. The molecule has 0 fully saturated rings. The Bertz CT molecular complexity index is 590. The quantitative estimate of drug-likeness (QED) is 0.580. The van der Waals surface area contributed by atoms with Gasteiger partial charge in [-0.2, -0.15) is 4.39 Å². The summed E-state index contributed by atoms with van der Waals surface area (Å²) in [6, 6.07) is 2.34. The first kappa shape index (κ1) is 16.5. The van der Waals surface area contributed by atoms with Crippen molar-refractivity contribution in [2.24, 2.45) is 0 Å². The van der Waals surface area contributed by atoms with Crippen LogP contribution in [-0.4, -0.2) is 31.1 Å².